The van der Waals surface area contributed by atoms with Crippen molar-refractivity contribution in [3.8, 4) is 11.1 Å². The van der Waals surface area contributed by atoms with E-state index in [1.165, 1.54) is 0 Å². The number of aromatic nitrogens is 3. The number of nitrogens with zero attached hydrogens (tertiary/aromatic N) is 5. The van der Waals surface area contributed by atoms with E-state index in [9.17, 15) is 24.7 Å². The second-order valence-electron chi connectivity index (χ2n) is 11.5. The summed E-state index contributed by atoms with van der Waals surface area (Å²) in [6, 6.07) is 12.2. The topological polar surface area (TPSA) is 151 Å². The number of amides is 1. The summed E-state index contributed by atoms with van der Waals surface area (Å²) >= 11 is 0.984. The fraction of sp³-hybridized carbons (Fsp3) is 0.382. The van der Waals surface area contributed by atoms with Crippen LogP contribution in [0.4, 0.5) is 5.82 Å². The molecule has 13 heteroatoms. The molecule has 2 aromatic carbocycles. The highest BCUT2D eigenvalue weighted by molar-refractivity contribution is 8.00. The van der Waals surface area contributed by atoms with Crippen molar-refractivity contribution in [2.24, 2.45) is 0 Å². The molecule has 0 spiro atoms. The Labute approximate surface area is 277 Å². The highest BCUT2D eigenvalue weighted by Gasteiger charge is 2.24. The van der Waals surface area contributed by atoms with Crippen molar-refractivity contribution in [2.75, 3.05) is 30.8 Å². The molecular weight excluding hydrogens is 622 g/mol. The fourth-order valence-electron chi connectivity index (χ4n) is 5.50. The molecule has 0 aliphatic carbocycles. The lowest BCUT2D eigenvalue weighted by Crippen LogP contribution is -2.42. The van der Waals surface area contributed by atoms with Crippen molar-refractivity contribution < 1.29 is 29.2 Å². The zero-order valence-corrected chi connectivity index (χ0v) is 27.8. The van der Waals surface area contributed by atoms with E-state index in [0.29, 0.717) is 82.7 Å². The van der Waals surface area contributed by atoms with E-state index >= 15 is 0 Å². The highest BCUT2D eigenvalue weighted by Crippen LogP contribution is 2.37. The molecule has 5 rings (SSSR count). The molecule has 0 unspecified atom stereocenters. The smallest absolute Gasteiger partial charge is 0.336 e. The SMILES string of the molecule is CCCCc1nc(C)c(CC(=O)N2CCOCC2)c(=O)n1Cc1ccc(-c2ccccc2SN(O)c2noc(C)c2C)c(C(=O)O)c1. The number of carbonyl (C=O) groups is 2. The number of aromatic carboxylic acids is 1. The molecule has 1 saturated heterocycles. The van der Waals surface area contributed by atoms with Crippen LogP contribution in [0.2, 0.25) is 0 Å². The van der Waals surface area contributed by atoms with Crippen molar-refractivity contribution in [3.05, 3.63) is 92.4 Å². The number of ether oxygens (including phenoxy) is 1. The van der Waals surface area contributed by atoms with Gasteiger partial charge in [0.1, 0.15) is 11.6 Å². The Bertz CT molecular complexity index is 1830. The normalized spacial score (nSPS) is 13.2. The average Bonchev–Trinajstić information content (AvgIpc) is 3.41. The lowest BCUT2D eigenvalue weighted by molar-refractivity contribution is -0.134. The number of hydrogen-bond donors (Lipinski definition) is 2. The third-order valence-electron chi connectivity index (χ3n) is 8.32. The van der Waals surface area contributed by atoms with Crippen LogP contribution < -0.4 is 10.0 Å². The second kappa shape index (κ2) is 15.0. The number of anilines is 1. The molecule has 2 aromatic heterocycles. The lowest BCUT2D eigenvalue weighted by Gasteiger charge is -2.27. The Morgan fingerprint density at radius 1 is 1.06 bits per heavy atom. The van der Waals surface area contributed by atoms with Crippen molar-refractivity contribution in [3.63, 3.8) is 0 Å². The molecule has 0 atom stereocenters. The molecule has 4 aromatic rings. The molecule has 248 valence electrons. The van der Waals surface area contributed by atoms with Gasteiger partial charge < -0.3 is 19.3 Å². The van der Waals surface area contributed by atoms with E-state index < -0.39 is 5.97 Å². The van der Waals surface area contributed by atoms with E-state index in [-0.39, 0.29) is 35.8 Å². The van der Waals surface area contributed by atoms with E-state index in [1.54, 1.807) is 72.7 Å². The summed E-state index contributed by atoms with van der Waals surface area (Å²) in [4.78, 5) is 46.7. The summed E-state index contributed by atoms with van der Waals surface area (Å²) in [6.45, 7) is 9.34. The molecule has 1 fully saturated rings. The largest absolute Gasteiger partial charge is 0.478 e. The molecule has 0 radical (unpaired) electrons. The minimum atomic E-state index is -1.14. The van der Waals surface area contributed by atoms with E-state index in [1.807, 2.05) is 0 Å². The number of carboxylic acids is 1. The van der Waals surface area contributed by atoms with Gasteiger partial charge in [-0.1, -0.05) is 48.8 Å². The molecule has 1 aliphatic heterocycles. The van der Waals surface area contributed by atoms with Crippen molar-refractivity contribution in [1.29, 1.82) is 0 Å². The lowest BCUT2D eigenvalue weighted by atomic mass is 9.97. The van der Waals surface area contributed by atoms with Gasteiger partial charge in [0.15, 0.2) is 0 Å². The van der Waals surface area contributed by atoms with Gasteiger partial charge in [-0.3, -0.25) is 19.4 Å². The van der Waals surface area contributed by atoms with Gasteiger partial charge in [-0.25, -0.2) is 9.78 Å². The summed E-state index contributed by atoms with van der Waals surface area (Å²) in [7, 11) is 0. The van der Waals surface area contributed by atoms with Gasteiger partial charge in [0.2, 0.25) is 11.7 Å². The molecule has 0 saturated carbocycles. The molecule has 2 N–H and O–H groups in total. The van der Waals surface area contributed by atoms with Crippen LogP contribution in [0.5, 0.6) is 0 Å². The van der Waals surface area contributed by atoms with E-state index in [2.05, 4.69) is 12.1 Å². The van der Waals surface area contributed by atoms with Gasteiger partial charge in [-0.2, -0.15) is 4.47 Å². The Morgan fingerprint density at radius 2 is 1.81 bits per heavy atom. The van der Waals surface area contributed by atoms with Gasteiger partial charge in [-0.05, 0) is 56.0 Å². The quantitative estimate of drug-likeness (QED) is 0.152. The fourth-order valence-corrected chi connectivity index (χ4v) is 6.36. The van der Waals surface area contributed by atoms with Crippen LogP contribution in [-0.4, -0.2) is 68.1 Å². The first-order chi connectivity index (χ1) is 22.6. The summed E-state index contributed by atoms with van der Waals surface area (Å²) < 4.78 is 13.0. The Morgan fingerprint density at radius 3 is 2.49 bits per heavy atom. The highest BCUT2D eigenvalue weighted by atomic mass is 32.2. The van der Waals surface area contributed by atoms with Gasteiger partial charge >= 0.3 is 5.97 Å². The van der Waals surface area contributed by atoms with Crippen LogP contribution in [0.15, 0.2) is 56.7 Å². The first-order valence-corrected chi connectivity index (χ1v) is 16.4. The molecule has 0 bridgehead atoms. The summed E-state index contributed by atoms with van der Waals surface area (Å²) in [5.74, 6) is 0.141. The monoisotopic (exact) mass is 661 g/mol. The number of benzene rings is 2. The van der Waals surface area contributed by atoms with Gasteiger partial charge in [-0.15, -0.1) is 0 Å². The maximum atomic E-state index is 14.0. The summed E-state index contributed by atoms with van der Waals surface area (Å²) in [6.07, 6.45) is 2.24. The Kier molecular flexibility index (Phi) is 10.8. The molecular formula is C34H39N5O7S. The number of hydrogen-bond acceptors (Lipinski definition) is 10. The maximum Gasteiger partial charge on any atom is 0.336 e. The number of unbranched alkanes of at least 4 members (excludes halogenated alkanes) is 1. The van der Waals surface area contributed by atoms with Gasteiger partial charge in [0.05, 0.1) is 31.7 Å². The van der Waals surface area contributed by atoms with Gasteiger partial charge in [0.25, 0.3) is 5.56 Å². The first kappa shape index (κ1) is 33.9. The molecule has 12 nitrogen and oxygen atoms in total. The molecule has 47 heavy (non-hydrogen) atoms. The number of rotatable bonds is 12. The predicted molar refractivity (Wildman–Crippen MR) is 177 cm³/mol. The van der Waals surface area contributed by atoms with Gasteiger partial charge in [0, 0.05) is 53.2 Å². The van der Waals surface area contributed by atoms with Crippen molar-refractivity contribution >= 4 is 29.6 Å². The number of morpholine rings is 1. The molecule has 1 aliphatic rings. The van der Waals surface area contributed by atoms with Crippen LogP contribution in [-0.2, 0) is 28.9 Å². The molecule has 1 amide bonds. The minimum Gasteiger partial charge on any atom is -0.478 e. The zero-order valence-electron chi connectivity index (χ0n) is 27.0. The number of carboxylic acid groups (broad SMARTS) is 1. The third-order valence-corrected chi connectivity index (χ3v) is 9.22. The van der Waals surface area contributed by atoms with E-state index in [4.69, 9.17) is 14.2 Å². The van der Waals surface area contributed by atoms with Crippen molar-refractivity contribution in [2.45, 2.75) is 64.8 Å². The molecule has 3 heterocycles. The Hall–Kier alpha value is -4.46. The van der Waals surface area contributed by atoms with Crippen molar-refractivity contribution in [1.82, 2.24) is 19.6 Å². The van der Waals surface area contributed by atoms with Crippen LogP contribution in [0, 0.1) is 20.8 Å². The number of carbonyl (C=O) groups excluding carboxylic acids is 1. The second-order valence-corrected chi connectivity index (χ2v) is 12.5. The third kappa shape index (κ3) is 7.58. The number of aryl methyl sites for hydroxylation is 3. The summed E-state index contributed by atoms with van der Waals surface area (Å²) in [5.41, 5.74) is 2.94. The first-order valence-electron chi connectivity index (χ1n) is 15.6. The van der Waals surface area contributed by atoms with Crippen LogP contribution in [0.1, 0.15) is 64.1 Å². The average molecular weight is 662 g/mol. The van der Waals surface area contributed by atoms with Crippen LogP contribution in [0.3, 0.4) is 0 Å². The maximum absolute atomic E-state index is 14.0. The predicted octanol–water partition coefficient (Wildman–Crippen LogP) is 5.22. The van der Waals surface area contributed by atoms with Crippen LogP contribution in [0.25, 0.3) is 11.1 Å². The zero-order chi connectivity index (χ0) is 33.7. The Balaban J connectivity index is 1.49. The summed E-state index contributed by atoms with van der Waals surface area (Å²) in [5, 5.41) is 25.0. The van der Waals surface area contributed by atoms with E-state index in [0.717, 1.165) is 29.3 Å². The standard InChI is InChI=1S/C34H39N5O7S/c1-5-6-11-30-35-22(3)27(19-31(40)37-14-16-45-17-15-37)33(41)38(30)20-24-12-13-25(28(18-24)34(42)43)26-9-7-8-10-29(26)47-39(44)32-21(2)23(4)46-36-32/h7-10,12-13,18,44H,5-6,11,14-17,19-20H2,1-4H3,(H,42,43). The minimum absolute atomic E-state index is 0.0412. The van der Waals surface area contributed by atoms with Crippen LogP contribution >= 0.6 is 11.9 Å².